The number of hydrogen-bond acceptors (Lipinski definition) is 4. The summed E-state index contributed by atoms with van der Waals surface area (Å²) in [5.74, 6) is 1.25. The van der Waals surface area contributed by atoms with Crippen LogP contribution in [0.25, 0.3) is 11.5 Å². The molecule has 0 fully saturated rings. The molecule has 0 spiro atoms. The van der Waals surface area contributed by atoms with Crippen molar-refractivity contribution < 1.29 is 12.8 Å². The van der Waals surface area contributed by atoms with E-state index >= 15 is 0 Å². The fourth-order valence-electron chi connectivity index (χ4n) is 2.53. The van der Waals surface area contributed by atoms with Crippen LogP contribution in [0, 0.1) is 13.8 Å². The van der Waals surface area contributed by atoms with Gasteiger partial charge in [0.05, 0.1) is 10.6 Å². The van der Waals surface area contributed by atoms with Crippen LogP contribution in [0.1, 0.15) is 17.0 Å². The second kappa shape index (κ2) is 7.21. The van der Waals surface area contributed by atoms with Gasteiger partial charge >= 0.3 is 0 Å². The molecule has 0 radical (unpaired) electrons. The SMILES string of the molecule is Cc1cccc(S(=O)(=O)NCCc2nc(-c3ccccc3)oc2C)c1. The topological polar surface area (TPSA) is 72.2 Å². The van der Waals surface area contributed by atoms with Gasteiger partial charge in [0, 0.05) is 18.5 Å². The quantitative estimate of drug-likeness (QED) is 0.734. The zero-order valence-corrected chi connectivity index (χ0v) is 15.0. The summed E-state index contributed by atoms with van der Waals surface area (Å²) in [7, 11) is -3.52. The van der Waals surface area contributed by atoms with Gasteiger partial charge in [-0.1, -0.05) is 30.3 Å². The third kappa shape index (κ3) is 4.15. The number of hydrogen-bond donors (Lipinski definition) is 1. The molecular formula is C19H20N2O3S. The molecule has 1 aromatic heterocycles. The molecular weight excluding hydrogens is 336 g/mol. The minimum Gasteiger partial charge on any atom is -0.441 e. The Balaban J connectivity index is 1.67. The van der Waals surface area contributed by atoms with Crippen molar-refractivity contribution in [2.45, 2.75) is 25.2 Å². The molecule has 25 heavy (non-hydrogen) atoms. The van der Waals surface area contributed by atoms with Crippen LogP contribution in [0.3, 0.4) is 0 Å². The Morgan fingerprint density at radius 2 is 1.80 bits per heavy atom. The van der Waals surface area contributed by atoms with E-state index in [2.05, 4.69) is 9.71 Å². The van der Waals surface area contributed by atoms with E-state index < -0.39 is 10.0 Å². The van der Waals surface area contributed by atoms with Gasteiger partial charge in [-0.25, -0.2) is 18.1 Å². The summed E-state index contributed by atoms with van der Waals surface area (Å²) in [4.78, 5) is 4.76. The number of aryl methyl sites for hydroxylation is 2. The molecule has 1 heterocycles. The van der Waals surface area contributed by atoms with Crippen molar-refractivity contribution in [2.24, 2.45) is 0 Å². The van der Waals surface area contributed by atoms with Crippen LogP contribution in [-0.4, -0.2) is 19.9 Å². The Kier molecular flexibility index (Phi) is 5.01. The fraction of sp³-hybridized carbons (Fsp3) is 0.211. The zero-order chi connectivity index (χ0) is 17.9. The van der Waals surface area contributed by atoms with Crippen molar-refractivity contribution in [2.75, 3.05) is 6.54 Å². The van der Waals surface area contributed by atoms with Crippen LogP contribution in [-0.2, 0) is 16.4 Å². The molecule has 3 aromatic rings. The summed E-state index contributed by atoms with van der Waals surface area (Å²) < 4.78 is 33.0. The highest BCUT2D eigenvalue weighted by Crippen LogP contribution is 2.21. The van der Waals surface area contributed by atoms with E-state index in [9.17, 15) is 8.42 Å². The smallest absolute Gasteiger partial charge is 0.240 e. The molecule has 0 aliphatic rings. The Labute approximate surface area is 147 Å². The maximum atomic E-state index is 12.3. The predicted molar refractivity (Wildman–Crippen MR) is 96.7 cm³/mol. The van der Waals surface area contributed by atoms with Crippen LogP contribution < -0.4 is 4.72 Å². The molecule has 0 bridgehead atoms. The maximum Gasteiger partial charge on any atom is 0.240 e. The molecule has 3 rings (SSSR count). The average molecular weight is 356 g/mol. The lowest BCUT2D eigenvalue weighted by Gasteiger charge is -2.06. The van der Waals surface area contributed by atoms with Gasteiger partial charge in [0.25, 0.3) is 0 Å². The average Bonchev–Trinajstić information content (AvgIpc) is 2.97. The predicted octanol–water partition coefficient (Wildman–Crippen LogP) is 3.48. The van der Waals surface area contributed by atoms with Crippen LogP contribution in [0.2, 0.25) is 0 Å². The summed E-state index contributed by atoms with van der Waals surface area (Å²) in [6.45, 7) is 3.96. The molecule has 5 nitrogen and oxygen atoms in total. The van der Waals surface area contributed by atoms with Crippen molar-refractivity contribution in [3.8, 4) is 11.5 Å². The van der Waals surface area contributed by atoms with Gasteiger partial charge < -0.3 is 4.42 Å². The molecule has 0 atom stereocenters. The molecule has 0 saturated heterocycles. The molecule has 1 N–H and O–H groups in total. The van der Waals surface area contributed by atoms with Gasteiger partial charge in [-0.05, 0) is 43.7 Å². The second-order valence-corrected chi connectivity index (χ2v) is 7.62. The van der Waals surface area contributed by atoms with Crippen molar-refractivity contribution in [3.63, 3.8) is 0 Å². The molecule has 130 valence electrons. The van der Waals surface area contributed by atoms with Gasteiger partial charge in [-0.15, -0.1) is 0 Å². The van der Waals surface area contributed by atoms with Crippen LogP contribution in [0.5, 0.6) is 0 Å². The summed E-state index contributed by atoms with van der Waals surface area (Å²) in [6, 6.07) is 16.5. The van der Waals surface area contributed by atoms with E-state index in [4.69, 9.17) is 4.42 Å². The summed E-state index contributed by atoms with van der Waals surface area (Å²) in [6.07, 6.45) is 0.465. The molecule has 0 saturated carbocycles. The molecule has 6 heteroatoms. The van der Waals surface area contributed by atoms with Crippen molar-refractivity contribution in [3.05, 3.63) is 71.6 Å². The van der Waals surface area contributed by atoms with Crippen LogP contribution >= 0.6 is 0 Å². The third-order valence-electron chi connectivity index (χ3n) is 3.87. The zero-order valence-electron chi connectivity index (χ0n) is 14.2. The summed E-state index contributed by atoms with van der Waals surface area (Å²) >= 11 is 0. The van der Waals surface area contributed by atoms with E-state index in [0.29, 0.717) is 18.1 Å². The van der Waals surface area contributed by atoms with Crippen molar-refractivity contribution in [1.82, 2.24) is 9.71 Å². The van der Waals surface area contributed by atoms with Crippen LogP contribution in [0.15, 0.2) is 63.9 Å². The third-order valence-corrected chi connectivity index (χ3v) is 5.33. The number of rotatable bonds is 6. The highest BCUT2D eigenvalue weighted by atomic mass is 32.2. The first-order valence-electron chi connectivity index (χ1n) is 8.04. The number of aromatic nitrogens is 1. The minimum absolute atomic E-state index is 0.262. The van der Waals surface area contributed by atoms with Crippen molar-refractivity contribution in [1.29, 1.82) is 0 Å². The minimum atomic E-state index is -3.52. The molecule has 0 aliphatic heterocycles. The number of benzene rings is 2. The summed E-state index contributed by atoms with van der Waals surface area (Å²) in [5.41, 5.74) is 2.56. The number of nitrogens with one attached hydrogen (secondary N) is 1. The number of sulfonamides is 1. The first kappa shape index (κ1) is 17.4. The highest BCUT2D eigenvalue weighted by molar-refractivity contribution is 7.89. The molecule has 0 unspecified atom stereocenters. The molecule has 0 aliphatic carbocycles. The highest BCUT2D eigenvalue weighted by Gasteiger charge is 2.15. The van der Waals surface area contributed by atoms with Gasteiger partial charge in [0.1, 0.15) is 5.76 Å². The van der Waals surface area contributed by atoms with Crippen LogP contribution in [0.4, 0.5) is 0 Å². The second-order valence-electron chi connectivity index (χ2n) is 5.85. The summed E-state index contributed by atoms with van der Waals surface area (Å²) in [5, 5.41) is 0. The van der Waals surface area contributed by atoms with Crippen molar-refractivity contribution >= 4 is 10.0 Å². The standard InChI is InChI=1S/C19H20N2O3S/c1-14-7-6-10-17(13-14)25(22,23)20-12-11-18-15(2)24-19(21-18)16-8-4-3-5-9-16/h3-10,13,20H,11-12H2,1-2H3. The van der Waals surface area contributed by atoms with Gasteiger partial charge in [0.15, 0.2) is 0 Å². The van der Waals surface area contributed by atoms with E-state index in [-0.39, 0.29) is 11.4 Å². The lowest BCUT2D eigenvalue weighted by molar-refractivity contribution is 0.538. The Hall–Kier alpha value is -2.44. The first-order chi connectivity index (χ1) is 12.0. The Morgan fingerprint density at radius 1 is 1.04 bits per heavy atom. The van der Waals surface area contributed by atoms with Gasteiger partial charge in [-0.2, -0.15) is 0 Å². The molecule has 0 amide bonds. The lowest BCUT2D eigenvalue weighted by atomic mass is 10.2. The molecule has 2 aromatic carbocycles. The van der Waals surface area contributed by atoms with Gasteiger partial charge in [0.2, 0.25) is 15.9 Å². The normalized spacial score (nSPS) is 11.6. The van der Waals surface area contributed by atoms with Gasteiger partial charge in [-0.3, -0.25) is 0 Å². The largest absolute Gasteiger partial charge is 0.441 e. The Morgan fingerprint density at radius 3 is 2.52 bits per heavy atom. The number of oxazole rings is 1. The van der Waals surface area contributed by atoms with E-state index in [1.54, 1.807) is 18.2 Å². The van der Waals surface area contributed by atoms with E-state index in [0.717, 1.165) is 16.8 Å². The lowest BCUT2D eigenvalue weighted by Crippen LogP contribution is -2.26. The number of nitrogens with zero attached hydrogens (tertiary/aromatic N) is 1. The maximum absolute atomic E-state index is 12.3. The Bertz CT molecular complexity index is 963. The first-order valence-corrected chi connectivity index (χ1v) is 9.52. The van der Waals surface area contributed by atoms with E-state index in [1.165, 1.54) is 0 Å². The fourth-order valence-corrected chi connectivity index (χ4v) is 3.67. The van der Waals surface area contributed by atoms with E-state index in [1.807, 2.05) is 50.2 Å². The monoisotopic (exact) mass is 356 g/mol.